The highest BCUT2D eigenvalue weighted by molar-refractivity contribution is 7.98. The summed E-state index contributed by atoms with van der Waals surface area (Å²) in [5.74, 6) is 3.30. The van der Waals surface area contributed by atoms with Crippen molar-refractivity contribution >= 4 is 11.8 Å². The predicted molar refractivity (Wildman–Crippen MR) is 121 cm³/mol. The predicted octanol–water partition coefficient (Wildman–Crippen LogP) is 6.07. The van der Waals surface area contributed by atoms with Gasteiger partial charge in [-0.2, -0.15) is 0 Å². The van der Waals surface area contributed by atoms with E-state index in [4.69, 9.17) is 9.47 Å². The fourth-order valence-electron chi connectivity index (χ4n) is 4.13. The monoisotopic (exact) mass is 423 g/mol. The van der Waals surface area contributed by atoms with Crippen LogP contribution in [0.3, 0.4) is 0 Å². The Labute approximate surface area is 182 Å². The van der Waals surface area contributed by atoms with Crippen LogP contribution >= 0.6 is 11.8 Å². The van der Waals surface area contributed by atoms with Gasteiger partial charge in [0.2, 0.25) is 0 Å². The molecular weight excluding hydrogens is 394 g/mol. The molecule has 0 bridgehead atoms. The first-order valence-electron chi connectivity index (χ1n) is 10.5. The van der Waals surface area contributed by atoms with Crippen LogP contribution in [0, 0.1) is 6.92 Å². The van der Waals surface area contributed by atoms with Gasteiger partial charge < -0.3 is 9.47 Å². The first-order chi connectivity index (χ1) is 14.7. The summed E-state index contributed by atoms with van der Waals surface area (Å²) in [6, 6.07) is 15.0. The van der Waals surface area contributed by atoms with E-state index in [0.717, 1.165) is 33.8 Å². The van der Waals surface area contributed by atoms with Gasteiger partial charge in [-0.25, -0.2) is 0 Å². The van der Waals surface area contributed by atoms with E-state index in [1.165, 1.54) is 43.2 Å². The molecule has 1 saturated carbocycles. The van der Waals surface area contributed by atoms with Crippen molar-refractivity contribution < 1.29 is 9.47 Å². The van der Waals surface area contributed by atoms with Gasteiger partial charge in [-0.15, -0.1) is 10.2 Å². The molecule has 1 aliphatic rings. The lowest BCUT2D eigenvalue weighted by molar-refractivity contribution is 0.339. The maximum Gasteiger partial charge on any atom is 0.192 e. The average molecular weight is 424 g/mol. The molecule has 0 unspecified atom stereocenters. The van der Waals surface area contributed by atoms with Gasteiger partial charge >= 0.3 is 0 Å². The first kappa shape index (κ1) is 20.8. The lowest BCUT2D eigenvalue weighted by Gasteiger charge is -2.25. The smallest absolute Gasteiger partial charge is 0.192 e. The van der Waals surface area contributed by atoms with Crippen LogP contribution in [0.1, 0.15) is 49.3 Å². The second kappa shape index (κ2) is 9.56. The summed E-state index contributed by atoms with van der Waals surface area (Å²) in [5.41, 5.74) is 3.57. The minimum atomic E-state index is 0.431. The van der Waals surface area contributed by atoms with E-state index in [9.17, 15) is 0 Å². The number of hydrogen-bond donors (Lipinski definition) is 0. The van der Waals surface area contributed by atoms with Crippen LogP contribution in [-0.4, -0.2) is 29.0 Å². The second-order valence-electron chi connectivity index (χ2n) is 7.85. The zero-order valence-electron chi connectivity index (χ0n) is 17.9. The SMILES string of the molecule is COc1cc(OC)cc(-c2nnc(SCc3cccc(C)c3)n2C2CCCCC2)c1. The van der Waals surface area contributed by atoms with E-state index in [2.05, 4.69) is 46.0 Å². The molecule has 158 valence electrons. The van der Waals surface area contributed by atoms with Crippen molar-refractivity contribution in [2.75, 3.05) is 14.2 Å². The van der Waals surface area contributed by atoms with E-state index in [-0.39, 0.29) is 0 Å². The maximum atomic E-state index is 5.48. The number of aromatic nitrogens is 3. The molecule has 30 heavy (non-hydrogen) atoms. The van der Waals surface area contributed by atoms with Crippen LogP contribution in [0.25, 0.3) is 11.4 Å². The molecule has 0 spiro atoms. The number of thioether (sulfide) groups is 1. The Bertz CT molecular complexity index is 974. The number of ether oxygens (including phenoxy) is 2. The number of rotatable bonds is 7. The Balaban J connectivity index is 1.70. The molecule has 0 N–H and O–H groups in total. The van der Waals surface area contributed by atoms with Gasteiger partial charge in [-0.3, -0.25) is 4.57 Å². The normalized spacial score (nSPS) is 14.6. The molecule has 0 saturated heterocycles. The van der Waals surface area contributed by atoms with Crippen molar-refractivity contribution in [2.45, 2.75) is 56.0 Å². The topological polar surface area (TPSA) is 49.2 Å². The molecule has 0 amide bonds. The Hall–Kier alpha value is -2.47. The van der Waals surface area contributed by atoms with Crippen LogP contribution in [0.15, 0.2) is 47.6 Å². The van der Waals surface area contributed by atoms with Crippen molar-refractivity contribution in [1.82, 2.24) is 14.8 Å². The molecule has 1 aliphatic carbocycles. The highest BCUT2D eigenvalue weighted by atomic mass is 32.2. The first-order valence-corrected chi connectivity index (χ1v) is 11.5. The summed E-state index contributed by atoms with van der Waals surface area (Å²) in [6.07, 6.45) is 6.17. The molecule has 4 rings (SSSR count). The highest BCUT2D eigenvalue weighted by Gasteiger charge is 2.24. The number of aryl methyl sites for hydroxylation is 1. The second-order valence-corrected chi connectivity index (χ2v) is 8.79. The van der Waals surface area contributed by atoms with Crippen molar-refractivity contribution in [1.29, 1.82) is 0 Å². The third-order valence-corrected chi connectivity index (χ3v) is 6.68. The van der Waals surface area contributed by atoms with E-state index in [1.54, 1.807) is 26.0 Å². The van der Waals surface area contributed by atoms with Gasteiger partial charge in [0.1, 0.15) is 11.5 Å². The average Bonchev–Trinajstić information content (AvgIpc) is 3.22. The zero-order chi connectivity index (χ0) is 20.9. The molecule has 5 nitrogen and oxygen atoms in total. The van der Waals surface area contributed by atoms with Gasteiger partial charge in [0.25, 0.3) is 0 Å². The fourth-order valence-corrected chi connectivity index (χ4v) is 5.08. The van der Waals surface area contributed by atoms with E-state index in [1.807, 2.05) is 18.2 Å². The van der Waals surface area contributed by atoms with Crippen LogP contribution in [-0.2, 0) is 5.75 Å². The summed E-state index contributed by atoms with van der Waals surface area (Å²) in [6.45, 7) is 2.13. The summed E-state index contributed by atoms with van der Waals surface area (Å²) < 4.78 is 13.3. The molecule has 1 aromatic heterocycles. The van der Waals surface area contributed by atoms with Crippen LogP contribution in [0.2, 0.25) is 0 Å². The number of methoxy groups -OCH3 is 2. The molecule has 1 heterocycles. The summed E-state index contributed by atoms with van der Waals surface area (Å²) in [7, 11) is 3.35. The van der Waals surface area contributed by atoms with Crippen molar-refractivity contribution in [2.24, 2.45) is 0 Å². The van der Waals surface area contributed by atoms with Crippen LogP contribution < -0.4 is 9.47 Å². The third-order valence-electron chi connectivity index (χ3n) is 5.66. The molecule has 6 heteroatoms. The Morgan fingerprint density at radius 3 is 2.37 bits per heavy atom. The highest BCUT2D eigenvalue weighted by Crippen LogP contribution is 2.38. The lowest BCUT2D eigenvalue weighted by Crippen LogP contribution is -2.15. The lowest BCUT2D eigenvalue weighted by atomic mass is 9.95. The molecule has 2 aromatic carbocycles. The van der Waals surface area contributed by atoms with Crippen LogP contribution in [0.4, 0.5) is 0 Å². The van der Waals surface area contributed by atoms with Gasteiger partial charge in [-0.05, 0) is 37.5 Å². The Kier molecular flexibility index (Phi) is 6.62. The largest absolute Gasteiger partial charge is 0.497 e. The summed E-state index contributed by atoms with van der Waals surface area (Å²) >= 11 is 1.76. The van der Waals surface area contributed by atoms with E-state index >= 15 is 0 Å². The van der Waals surface area contributed by atoms with Crippen molar-refractivity contribution in [3.05, 3.63) is 53.6 Å². The number of hydrogen-bond acceptors (Lipinski definition) is 5. The van der Waals surface area contributed by atoms with Crippen molar-refractivity contribution in [3.8, 4) is 22.9 Å². The molecule has 1 fully saturated rings. The third kappa shape index (κ3) is 4.64. The number of benzene rings is 2. The van der Waals surface area contributed by atoms with E-state index < -0.39 is 0 Å². The standard InChI is InChI=1S/C24H29N3O2S/c1-17-8-7-9-18(12-17)16-30-24-26-25-23(27(24)20-10-5-4-6-11-20)19-13-21(28-2)15-22(14-19)29-3/h7-9,12-15,20H,4-6,10-11,16H2,1-3H3. The quantitative estimate of drug-likeness (QED) is 0.432. The molecule has 3 aromatic rings. The summed E-state index contributed by atoms with van der Waals surface area (Å²) in [5, 5.41) is 10.2. The molecular formula is C24H29N3O2S. The summed E-state index contributed by atoms with van der Waals surface area (Å²) in [4.78, 5) is 0. The number of nitrogens with zero attached hydrogens (tertiary/aromatic N) is 3. The van der Waals surface area contributed by atoms with Crippen LogP contribution in [0.5, 0.6) is 11.5 Å². The van der Waals surface area contributed by atoms with Gasteiger partial charge in [0, 0.05) is 23.4 Å². The van der Waals surface area contributed by atoms with Gasteiger partial charge in [-0.1, -0.05) is 60.9 Å². The molecule has 0 aliphatic heterocycles. The van der Waals surface area contributed by atoms with Crippen molar-refractivity contribution in [3.63, 3.8) is 0 Å². The molecule has 0 atom stereocenters. The minimum Gasteiger partial charge on any atom is -0.497 e. The Morgan fingerprint density at radius 2 is 1.70 bits per heavy atom. The minimum absolute atomic E-state index is 0.431. The van der Waals surface area contributed by atoms with Gasteiger partial charge in [0.15, 0.2) is 11.0 Å². The van der Waals surface area contributed by atoms with Gasteiger partial charge in [0.05, 0.1) is 14.2 Å². The van der Waals surface area contributed by atoms with E-state index in [0.29, 0.717) is 6.04 Å². The maximum absolute atomic E-state index is 5.48. The zero-order valence-corrected chi connectivity index (χ0v) is 18.7. The Morgan fingerprint density at radius 1 is 0.967 bits per heavy atom. The fraction of sp³-hybridized carbons (Fsp3) is 0.417. The molecule has 0 radical (unpaired) electrons.